The minimum absolute atomic E-state index is 1.12. The van der Waals surface area contributed by atoms with Gasteiger partial charge in [0.2, 0.25) is 0 Å². The zero-order valence-corrected chi connectivity index (χ0v) is 31.3. The fourth-order valence-electron chi connectivity index (χ4n) is 9.03. The summed E-state index contributed by atoms with van der Waals surface area (Å²) >= 11 is 0. The molecule has 0 N–H and O–H groups in total. The van der Waals surface area contributed by atoms with Crippen LogP contribution in [0.1, 0.15) is 0 Å². The zero-order valence-electron chi connectivity index (χ0n) is 31.3. The molecular formula is C56H37N. The van der Waals surface area contributed by atoms with Crippen molar-refractivity contribution in [3.05, 3.63) is 224 Å². The average Bonchev–Trinajstić information content (AvgIpc) is 3.74. The molecule has 0 spiro atoms. The maximum Gasteiger partial charge on any atom is 0.0535 e. The van der Waals surface area contributed by atoms with Gasteiger partial charge in [0.15, 0.2) is 0 Å². The molecule has 57 heavy (non-hydrogen) atoms. The largest absolute Gasteiger partial charge is 0.309 e. The van der Waals surface area contributed by atoms with Crippen LogP contribution in [0, 0.1) is 0 Å². The second-order valence-electron chi connectivity index (χ2n) is 14.8. The molecular weight excluding hydrogens is 687 g/mol. The van der Waals surface area contributed by atoms with Crippen LogP contribution in [-0.4, -0.2) is 4.57 Å². The first-order valence-electron chi connectivity index (χ1n) is 19.7. The summed E-state index contributed by atoms with van der Waals surface area (Å²) in [7, 11) is 0. The van der Waals surface area contributed by atoms with Crippen molar-refractivity contribution in [2.45, 2.75) is 0 Å². The third-order valence-corrected chi connectivity index (χ3v) is 11.6. The highest BCUT2D eigenvalue weighted by molar-refractivity contribution is 6.24. The average molecular weight is 724 g/mol. The summed E-state index contributed by atoms with van der Waals surface area (Å²) in [5.74, 6) is 0. The van der Waals surface area contributed by atoms with Gasteiger partial charge in [-0.15, -0.1) is 0 Å². The Kier molecular flexibility index (Phi) is 7.89. The van der Waals surface area contributed by atoms with Gasteiger partial charge < -0.3 is 4.57 Å². The van der Waals surface area contributed by atoms with Gasteiger partial charge in [-0.25, -0.2) is 0 Å². The molecule has 11 rings (SSSR count). The molecule has 0 saturated heterocycles. The zero-order chi connectivity index (χ0) is 37.7. The maximum atomic E-state index is 2.43. The number of hydrogen-bond donors (Lipinski definition) is 0. The standard InChI is InChI=1S/C56H37N/c1-3-17-41(18-4-1)53-35-36-54(42-19-5-2-6-20-42)57(53)44-33-34-51-52(37-44)55(43-31-29-40(30-32-43)46-27-13-21-38-15-7-9-23-45(38)46)49-25-11-12-26-50(49)56(51)48-28-14-22-39-16-8-10-24-47(39)48/h1-37H. The molecule has 0 bridgehead atoms. The molecule has 1 nitrogen and oxygen atoms in total. The van der Waals surface area contributed by atoms with Gasteiger partial charge in [-0.1, -0.05) is 200 Å². The van der Waals surface area contributed by atoms with E-state index in [0.717, 1.165) is 17.1 Å². The van der Waals surface area contributed by atoms with E-state index in [4.69, 9.17) is 0 Å². The minimum atomic E-state index is 1.12. The molecule has 0 amide bonds. The van der Waals surface area contributed by atoms with E-state index in [2.05, 4.69) is 229 Å². The van der Waals surface area contributed by atoms with Crippen LogP contribution in [0.4, 0.5) is 0 Å². The fourth-order valence-corrected chi connectivity index (χ4v) is 9.03. The fraction of sp³-hybridized carbons (Fsp3) is 0. The van der Waals surface area contributed by atoms with Gasteiger partial charge >= 0.3 is 0 Å². The van der Waals surface area contributed by atoms with Gasteiger partial charge in [0.1, 0.15) is 0 Å². The van der Waals surface area contributed by atoms with Crippen LogP contribution < -0.4 is 0 Å². The summed E-state index contributed by atoms with van der Waals surface area (Å²) in [6.07, 6.45) is 0. The van der Waals surface area contributed by atoms with Gasteiger partial charge in [0.25, 0.3) is 0 Å². The predicted molar refractivity (Wildman–Crippen MR) is 243 cm³/mol. The Bertz CT molecular complexity index is 3190. The first kappa shape index (κ1) is 32.9. The van der Waals surface area contributed by atoms with Crippen molar-refractivity contribution in [3.63, 3.8) is 0 Å². The van der Waals surface area contributed by atoms with Crippen LogP contribution in [-0.2, 0) is 0 Å². The van der Waals surface area contributed by atoms with Crippen molar-refractivity contribution in [3.8, 4) is 61.6 Å². The molecule has 0 aliphatic rings. The molecule has 1 aromatic heterocycles. The van der Waals surface area contributed by atoms with E-state index in [-0.39, 0.29) is 0 Å². The van der Waals surface area contributed by atoms with Gasteiger partial charge in [0, 0.05) is 5.69 Å². The van der Waals surface area contributed by atoms with E-state index >= 15 is 0 Å². The molecule has 0 aliphatic carbocycles. The molecule has 10 aromatic carbocycles. The smallest absolute Gasteiger partial charge is 0.0535 e. The quantitative estimate of drug-likeness (QED) is 0.151. The first-order chi connectivity index (χ1) is 28.3. The summed E-state index contributed by atoms with van der Waals surface area (Å²) in [6.45, 7) is 0. The number of aromatic nitrogens is 1. The Hall–Kier alpha value is -7.48. The van der Waals surface area contributed by atoms with Crippen molar-refractivity contribution in [2.24, 2.45) is 0 Å². The molecule has 11 aromatic rings. The molecule has 0 unspecified atom stereocenters. The Morgan fingerprint density at radius 3 is 1.32 bits per heavy atom. The predicted octanol–water partition coefficient (Wildman–Crippen LogP) is 15.4. The van der Waals surface area contributed by atoms with E-state index in [9.17, 15) is 0 Å². The second kappa shape index (κ2) is 13.7. The van der Waals surface area contributed by atoms with Crippen LogP contribution >= 0.6 is 0 Å². The lowest BCUT2D eigenvalue weighted by Gasteiger charge is -2.21. The van der Waals surface area contributed by atoms with E-state index in [0.29, 0.717) is 0 Å². The number of hydrogen-bond acceptors (Lipinski definition) is 0. The number of rotatable bonds is 6. The highest BCUT2D eigenvalue weighted by atomic mass is 15.0. The van der Waals surface area contributed by atoms with Gasteiger partial charge in [-0.3, -0.25) is 0 Å². The van der Waals surface area contributed by atoms with Gasteiger partial charge in [-0.2, -0.15) is 0 Å². The first-order valence-corrected chi connectivity index (χ1v) is 19.7. The lowest BCUT2D eigenvalue weighted by molar-refractivity contribution is 1.10. The molecule has 0 atom stereocenters. The summed E-state index contributed by atoms with van der Waals surface area (Å²) in [5, 5.41) is 9.95. The number of fused-ring (bicyclic) bond motifs is 4. The van der Waals surface area contributed by atoms with E-state index in [1.54, 1.807) is 0 Å². The molecule has 0 saturated carbocycles. The van der Waals surface area contributed by atoms with Gasteiger partial charge in [0.05, 0.1) is 11.4 Å². The molecule has 0 aliphatic heterocycles. The summed E-state index contributed by atoms with van der Waals surface area (Å²) < 4.78 is 2.43. The lowest BCUT2D eigenvalue weighted by Crippen LogP contribution is -2.00. The summed E-state index contributed by atoms with van der Waals surface area (Å²) in [6, 6.07) is 82.1. The Morgan fingerprint density at radius 1 is 0.246 bits per heavy atom. The van der Waals surface area contributed by atoms with Crippen LogP contribution in [0.3, 0.4) is 0 Å². The van der Waals surface area contributed by atoms with Crippen LogP contribution in [0.5, 0.6) is 0 Å². The van der Waals surface area contributed by atoms with Crippen molar-refractivity contribution in [1.82, 2.24) is 4.57 Å². The normalized spacial score (nSPS) is 11.5. The molecule has 1 heteroatoms. The van der Waals surface area contributed by atoms with Crippen molar-refractivity contribution in [1.29, 1.82) is 0 Å². The van der Waals surface area contributed by atoms with Crippen molar-refractivity contribution in [2.75, 3.05) is 0 Å². The number of nitrogens with zero attached hydrogens (tertiary/aromatic N) is 1. The summed E-state index contributed by atoms with van der Waals surface area (Å²) in [4.78, 5) is 0. The lowest BCUT2D eigenvalue weighted by atomic mass is 9.84. The van der Waals surface area contributed by atoms with Crippen LogP contribution in [0.15, 0.2) is 224 Å². The Morgan fingerprint density at radius 2 is 0.702 bits per heavy atom. The van der Waals surface area contributed by atoms with Crippen LogP contribution in [0.2, 0.25) is 0 Å². The topological polar surface area (TPSA) is 4.93 Å². The third-order valence-electron chi connectivity index (χ3n) is 11.6. The van der Waals surface area contributed by atoms with Crippen molar-refractivity contribution < 1.29 is 0 Å². The third kappa shape index (κ3) is 5.55. The minimum Gasteiger partial charge on any atom is -0.309 e. The van der Waals surface area contributed by atoms with Crippen molar-refractivity contribution >= 4 is 43.1 Å². The van der Waals surface area contributed by atoms with E-state index < -0.39 is 0 Å². The highest BCUT2D eigenvalue weighted by Gasteiger charge is 2.21. The van der Waals surface area contributed by atoms with E-state index in [1.165, 1.54) is 87.6 Å². The molecule has 0 fully saturated rings. The molecule has 0 radical (unpaired) electrons. The van der Waals surface area contributed by atoms with Gasteiger partial charge in [-0.05, 0) is 112 Å². The number of benzene rings is 10. The van der Waals surface area contributed by atoms with E-state index in [1.807, 2.05) is 0 Å². The highest BCUT2D eigenvalue weighted by Crippen LogP contribution is 2.47. The molecule has 266 valence electrons. The molecule has 1 heterocycles. The van der Waals surface area contributed by atoms with Crippen LogP contribution in [0.25, 0.3) is 105 Å². The Balaban J connectivity index is 1.22. The summed E-state index contributed by atoms with van der Waals surface area (Å²) in [5.41, 5.74) is 13.2. The SMILES string of the molecule is c1ccc(-c2ccc(-c3ccccc3)n2-c2ccc3c(-c4cccc5ccccc45)c4ccccc4c(-c4ccc(-c5cccc6ccccc56)cc4)c3c2)cc1. The monoisotopic (exact) mass is 723 g/mol. The second-order valence-corrected chi connectivity index (χ2v) is 14.8. The maximum absolute atomic E-state index is 2.43. The Labute approximate surface area is 332 Å².